The van der Waals surface area contributed by atoms with E-state index in [9.17, 15) is 0 Å². The Kier molecular flexibility index (Phi) is 5.61. The summed E-state index contributed by atoms with van der Waals surface area (Å²) in [5, 5.41) is 9.02. The highest BCUT2D eigenvalue weighted by molar-refractivity contribution is 5.26. The summed E-state index contributed by atoms with van der Waals surface area (Å²) >= 11 is 0. The summed E-state index contributed by atoms with van der Waals surface area (Å²) < 4.78 is 10.6. The SMILES string of the molecule is C=CC[C@@H](CO)OCc1ccc(OC)cc1. The van der Waals surface area contributed by atoms with Crippen LogP contribution in [0.5, 0.6) is 5.75 Å². The highest BCUT2D eigenvalue weighted by Crippen LogP contribution is 2.13. The number of rotatable bonds is 7. The van der Waals surface area contributed by atoms with E-state index in [-0.39, 0.29) is 12.7 Å². The fourth-order valence-electron chi connectivity index (χ4n) is 1.32. The van der Waals surface area contributed by atoms with Crippen molar-refractivity contribution < 1.29 is 14.6 Å². The second-order valence-electron chi connectivity index (χ2n) is 3.49. The van der Waals surface area contributed by atoms with Gasteiger partial charge in [0.25, 0.3) is 0 Å². The molecule has 0 aromatic heterocycles. The fraction of sp³-hybridized carbons (Fsp3) is 0.385. The van der Waals surface area contributed by atoms with Crippen LogP contribution in [0.15, 0.2) is 36.9 Å². The van der Waals surface area contributed by atoms with Crippen molar-refractivity contribution in [3.63, 3.8) is 0 Å². The van der Waals surface area contributed by atoms with E-state index in [1.807, 2.05) is 24.3 Å². The maximum atomic E-state index is 9.02. The molecule has 0 fully saturated rings. The second-order valence-corrected chi connectivity index (χ2v) is 3.49. The Balaban J connectivity index is 2.43. The van der Waals surface area contributed by atoms with Gasteiger partial charge in [-0.3, -0.25) is 0 Å². The molecule has 88 valence electrons. The number of hydrogen-bond acceptors (Lipinski definition) is 3. The molecule has 0 aliphatic carbocycles. The monoisotopic (exact) mass is 222 g/mol. The van der Waals surface area contributed by atoms with Gasteiger partial charge in [0.05, 0.1) is 26.4 Å². The molecule has 1 atom stereocenters. The Morgan fingerprint density at radius 2 is 2.06 bits per heavy atom. The quantitative estimate of drug-likeness (QED) is 0.718. The normalized spacial score (nSPS) is 12.1. The highest BCUT2D eigenvalue weighted by atomic mass is 16.5. The topological polar surface area (TPSA) is 38.7 Å². The molecule has 0 saturated heterocycles. The van der Waals surface area contributed by atoms with Crippen molar-refractivity contribution >= 4 is 0 Å². The van der Waals surface area contributed by atoms with Gasteiger partial charge in [-0.15, -0.1) is 6.58 Å². The number of aliphatic hydroxyl groups is 1. The van der Waals surface area contributed by atoms with Gasteiger partial charge >= 0.3 is 0 Å². The minimum atomic E-state index is -0.167. The van der Waals surface area contributed by atoms with Crippen molar-refractivity contribution in [2.45, 2.75) is 19.1 Å². The van der Waals surface area contributed by atoms with Crippen LogP contribution >= 0.6 is 0 Å². The van der Waals surface area contributed by atoms with Crippen LogP contribution in [-0.2, 0) is 11.3 Å². The molecule has 0 bridgehead atoms. The molecule has 0 heterocycles. The van der Waals surface area contributed by atoms with E-state index < -0.39 is 0 Å². The molecule has 0 unspecified atom stereocenters. The van der Waals surface area contributed by atoms with Crippen molar-refractivity contribution in [1.29, 1.82) is 0 Å². The summed E-state index contributed by atoms with van der Waals surface area (Å²) in [6.45, 7) is 4.12. The van der Waals surface area contributed by atoms with Crippen LogP contribution in [0, 0.1) is 0 Å². The van der Waals surface area contributed by atoms with E-state index in [4.69, 9.17) is 14.6 Å². The first-order chi connectivity index (χ1) is 7.80. The molecule has 0 amide bonds. The molecule has 1 rings (SSSR count). The van der Waals surface area contributed by atoms with Gasteiger partial charge in [0.1, 0.15) is 5.75 Å². The van der Waals surface area contributed by atoms with Gasteiger partial charge in [0.15, 0.2) is 0 Å². The van der Waals surface area contributed by atoms with Crippen molar-refractivity contribution in [3.05, 3.63) is 42.5 Å². The van der Waals surface area contributed by atoms with Gasteiger partial charge < -0.3 is 14.6 Å². The van der Waals surface area contributed by atoms with Crippen LogP contribution in [0.3, 0.4) is 0 Å². The van der Waals surface area contributed by atoms with Crippen LogP contribution in [0.2, 0.25) is 0 Å². The van der Waals surface area contributed by atoms with Crippen molar-refractivity contribution in [1.82, 2.24) is 0 Å². The summed E-state index contributed by atoms with van der Waals surface area (Å²) in [7, 11) is 1.64. The largest absolute Gasteiger partial charge is 0.497 e. The van der Waals surface area contributed by atoms with Crippen molar-refractivity contribution in [3.8, 4) is 5.75 Å². The number of benzene rings is 1. The molecule has 0 aliphatic heterocycles. The number of ether oxygens (including phenoxy) is 2. The summed E-state index contributed by atoms with van der Waals surface area (Å²) in [4.78, 5) is 0. The molecule has 0 aliphatic rings. The lowest BCUT2D eigenvalue weighted by molar-refractivity contribution is 0.00478. The third kappa shape index (κ3) is 4.04. The Bertz CT molecular complexity index is 305. The minimum Gasteiger partial charge on any atom is -0.497 e. The van der Waals surface area contributed by atoms with Crippen molar-refractivity contribution in [2.75, 3.05) is 13.7 Å². The maximum absolute atomic E-state index is 9.02. The third-order valence-electron chi connectivity index (χ3n) is 2.28. The zero-order valence-corrected chi connectivity index (χ0v) is 9.56. The van der Waals surface area contributed by atoms with Crippen molar-refractivity contribution in [2.24, 2.45) is 0 Å². The van der Waals surface area contributed by atoms with E-state index >= 15 is 0 Å². The van der Waals surface area contributed by atoms with Crippen LogP contribution in [0.25, 0.3) is 0 Å². The first kappa shape index (κ1) is 12.7. The lowest BCUT2D eigenvalue weighted by atomic mass is 10.2. The standard InChI is InChI=1S/C13H18O3/c1-3-4-13(9-14)16-10-11-5-7-12(15-2)8-6-11/h3,5-8,13-14H,1,4,9-10H2,2H3/t13-/m0/s1. The second kappa shape index (κ2) is 7.04. The number of hydrogen-bond donors (Lipinski definition) is 1. The van der Waals surface area contributed by atoms with Crippen LogP contribution in [0.4, 0.5) is 0 Å². The van der Waals surface area contributed by atoms with E-state index in [1.54, 1.807) is 13.2 Å². The van der Waals surface area contributed by atoms with Gasteiger partial charge in [0.2, 0.25) is 0 Å². The van der Waals surface area contributed by atoms with Gasteiger partial charge in [-0.2, -0.15) is 0 Å². The summed E-state index contributed by atoms with van der Waals surface area (Å²) in [5.41, 5.74) is 1.06. The van der Waals surface area contributed by atoms with Gasteiger partial charge in [-0.1, -0.05) is 18.2 Å². The number of methoxy groups -OCH3 is 1. The predicted octanol–water partition coefficient (Wildman–Crippen LogP) is 2.15. The molecule has 1 aromatic carbocycles. The number of aliphatic hydroxyl groups excluding tert-OH is 1. The van der Waals surface area contributed by atoms with Gasteiger partial charge in [-0.05, 0) is 24.1 Å². The van der Waals surface area contributed by atoms with E-state index in [1.165, 1.54) is 0 Å². The molecule has 16 heavy (non-hydrogen) atoms. The van der Waals surface area contributed by atoms with Gasteiger partial charge in [-0.25, -0.2) is 0 Å². The molecular weight excluding hydrogens is 204 g/mol. The van der Waals surface area contributed by atoms with E-state index in [0.717, 1.165) is 11.3 Å². The van der Waals surface area contributed by atoms with Gasteiger partial charge in [0, 0.05) is 0 Å². The molecule has 0 spiro atoms. The Labute approximate surface area is 96.3 Å². The average molecular weight is 222 g/mol. The third-order valence-corrected chi connectivity index (χ3v) is 2.28. The Morgan fingerprint density at radius 3 is 2.56 bits per heavy atom. The maximum Gasteiger partial charge on any atom is 0.118 e. The van der Waals surface area contributed by atoms with Crippen LogP contribution < -0.4 is 4.74 Å². The molecule has 1 aromatic rings. The average Bonchev–Trinajstić information content (AvgIpc) is 2.35. The molecule has 0 radical (unpaired) electrons. The molecule has 3 nitrogen and oxygen atoms in total. The highest BCUT2D eigenvalue weighted by Gasteiger charge is 2.05. The fourth-order valence-corrected chi connectivity index (χ4v) is 1.32. The minimum absolute atomic E-state index is 0.0160. The lowest BCUT2D eigenvalue weighted by Gasteiger charge is -2.13. The molecular formula is C13H18O3. The zero-order valence-electron chi connectivity index (χ0n) is 9.56. The van der Waals surface area contributed by atoms with E-state index in [2.05, 4.69) is 6.58 Å². The first-order valence-electron chi connectivity index (χ1n) is 5.26. The lowest BCUT2D eigenvalue weighted by Crippen LogP contribution is -2.16. The summed E-state index contributed by atoms with van der Waals surface area (Å²) in [5.74, 6) is 0.827. The van der Waals surface area contributed by atoms with Crippen LogP contribution in [0.1, 0.15) is 12.0 Å². The zero-order chi connectivity index (χ0) is 11.8. The first-order valence-corrected chi connectivity index (χ1v) is 5.26. The molecule has 1 N–H and O–H groups in total. The van der Waals surface area contributed by atoms with E-state index in [0.29, 0.717) is 13.0 Å². The van der Waals surface area contributed by atoms with Crippen LogP contribution in [-0.4, -0.2) is 24.9 Å². The smallest absolute Gasteiger partial charge is 0.118 e. The molecule has 3 heteroatoms. The summed E-state index contributed by atoms with van der Waals surface area (Å²) in [6, 6.07) is 7.67. The molecule has 0 saturated carbocycles. The Hall–Kier alpha value is -1.32. The Morgan fingerprint density at radius 1 is 1.38 bits per heavy atom. The predicted molar refractivity (Wildman–Crippen MR) is 63.5 cm³/mol. The summed E-state index contributed by atoms with van der Waals surface area (Å²) in [6.07, 6.45) is 2.24.